The molecule has 172 valence electrons. The van der Waals surface area contributed by atoms with Gasteiger partial charge in [0.1, 0.15) is 0 Å². The van der Waals surface area contributed by atoms with Crippen molar-refractivity contribution in [3.8, 4) is 0 Å². The predicted octanol–water partition coefficient (Wildman–Crippen LogP) is 2.24. The van der Waals surface area contributed by atoms with Gasteiger partial charge >= 0.3 is 187 Å². The summed E-state index contributed by atoms with van der Waals surface area (Å²) >= 11 is -4.67. The molecule has 8 amide bonds. The van der Waals surface area contributed by atoms with E-state index in [1.54, 1.807) is 41.5 Å². The van der Waals surface area contributed by atoms with Gasteiger partial charge in [-0.15, -0.1) is 0 Å². The Balaban J connectivity index is 2.74. The van der Waals surface area contributed by atoms with Gasteiger partial charge < -0.3 is 0 Å². The molecule has 2 rings (SSSR count). The molecule has 0 radical (unpaired) electrons. The molecule has 2 N–H and O–H groups in total. The molecule has 11 heteroatoms. The second-order valence-electron chi connectivity index (χ2n) is 8.07. The van der Waals surface area contributed by atoms with Crippen molar-refractivity contribution >= 4 is 54.6 Å². The molecule has 0 aliphatic carbocycles. The SMILES string of the molecule is CCC1(CC)C(=O)NC(=O)[N]([Sn]([CH2]C)([CH2]C)[N]2C(=O)NC(=O)C(CC)(CC)C2=O)C1=O. The zero-order chi connectivity index (χ0) is 23.8. The Morgan fingerprint density at radius 1 is 0.613 bits per heavy atom. The predicted molar refractivity (Wildman–Crippen MR) is 114 cm³/mol. The molecule has 0 spiro atoms. The topological polar surface area (TPSA) is 133 Å². The third kappa shape index (κ3) is 3.28. The van der Waals surface area contributed by atoms with Crippen molar-refractivity contribution in [2.75, 3.05) is 0 Å². The second kappa shape index (κ2) is 8.87. The Hall–Kier alpha value is -1.98. The van der Waals surface area contributed by atoms with Crippen LogP contribution in [-0.2, 0) is 19.2 Å². The van der Waals surface area contributed by atoms with Crippen LogP contribution in [0.15, 0.2) is 0 Å². The molecular formula is C20H32N4O6Sn. The van der Waals surface area contributed by atoms with E-state index in [0.29, 0.717) is 0 Å². The maximum absolute atomic E-state index is 13.7. The van der Waals surface area contributed by atoms with E-state index < -0.39 is 65.4 Å². The van der Waals surface area contributed by atoms with Crippen molar-refractivity contribution in [3.05, 3.63) is 0 Å². The van der Waals surface area contributed by atoms with Gasteiger partial charge in [-0.3, -0.25) is 0 Å². The van der Waals surface area contributed by atoms with Crippen molar-refractivity contribution in [1.82, 2.24) is 16.9 Å². The Morgan fingerprint density at radius 3 is 1.13 bits per heavy atom. The van der Waals surface area contributed by atoms with Crippen molar-refractivity contribution in [2.24, 2.45) is 10.8 Å². The second-order valence-corrected chi connectivity index (χ2v) is 20.3. The number of rotatable bonds is 8. The minimum atomic E-state index is -4.67. The molecule has 0 atom stereocenters. The molecule has 0 aromatic carbocycles. The van der Waals surface area contributed by atoms with E-state index in [-0.39, 0.29) is 34.6 Å². The first-order valence-corrected chi connectivity index (χ1v) is 17.5. The fraction of sp³-hybridized carbons (Fsp3) is 0.700. The Morgan fingerprint density at radius 2 is 0.903 bits per heavy atom. The van der Waals surface area contributed by atoms with Gasteiger partial charge in [0.15, 0.2) is 0 Å². The Bertz CT molecular complexity index is 766. The van der Waals surface area contributed by atoms with Gasteiger partial charge in [0.2, 0.25) is 0 Å². The summed E-state index contributed by atoms with van der Waals surface area (Å²) in [4.78, 5) is 78.6. The summed E-state index contributed by atoms with van der Waals surface area (Å²) < 4.78 is 2.62. The van der Waals surface area contributed by atoms with Crippen LogP contribution in [0, 0.1) is 10.8 Å². The van der Waals surface area contributed by atoms with Gasteiger partial charge in [0.25, 0.3) is 0 Å². The fourth-order valence-electron chi connectivity index (χ4n) is 4.84. The van der Waals surface area contributed by atoms with Crippen LogP contribution >= 0.6 is 0 Å². The van der Waals surface area contributed by atoms with E-state index in [4.69, 9.17) is 0 Å². The first kappa shape index (κ1) is 25.3. The number of hydrogen-bond donors (Lipinski definition) is 2. The first-order valence-electron chi connectivity index (χ1n) is 10.9. The normalized spacial score (nSPS) is 21.4. The number of urea groups is 2. The number of hydrogen-bond acceptors (Lipinski definition) is 6. The van der Waals surface area contributed by atoms with Gasteiger partial charge in [-0.05, 0) is 0 Å². The minimum absolute atomic E-state index is 0.180. The number of nitrogens with zero attached hydrogens (tertiary/aromatic N) is 2. The summed E-state index contributed by atoms with van der Waals surface area (Å²) in [6.45, 7) is 10.3. The number of imide groups is 4. The molecule has 0 unspecified atom stereocenters. The van der Waals surface area contributed by atoms with E-state index in [9.17, 15) is 28.8 Å². The Kier molecular flexibility index (Phi) is 7.23. The van der Waals surface area contributed by atoms with Crippen molar-refractivity contribution in [1.29, 1.82) is 0 Å². The summed E-state index contributed by atoms with van der Waals surface area (Å²) in [6.07, 6.45) is 0.721. The standard InChI is InChI=1S/2C8H12N2O3.2C2H5.Sn/c2*1-3-8(4-2)5(11)9-7(13)10-6(8)12;2*1-2;/h2*3-4H2,1-2H3,(H2,9,10,11,12,13);2*1H2,2H3;/q;;;;+2/p-2. The third-order valence-corrected chi connectivity index (χ3v) is 20.9. The molecule has 0 saturated carbocycles. The molecule has 10 nitrogen and oxygen atoms in total. The van der Waals surface area contributed by atoms with Crippen molar-refractivity contribution < 1.29 is 28.8 Å². The number of carbonyl (C=O) groups is 6. The number of amides is 8. The van der Waals surface area contributed by atoms with Crippen LogP contribution < -0.4 is 10.6 Å². The van der Waals surface area contributed by atoms with Crippen molar-refractivity contribution in [2.45, 2.75) is 76.1 Å². The molecule has 2 aliphatic heterocycles. The summed E-state index contributed by atoms with van der Waals surface area (Å²) in [6, 6.07) is -1.77. The maximum atomic E-state index is 13.7. The average Bonchev–Trinajstić information content (AvgIpc) is 2.74. The van der Waals surface area contributed by atoms with Crippen LogP contribution in [-0.4, -0.2) is 60.9 Å². The van der Waals surface area contributed by atoms with E-state index in [0.717, 1.165) is 6.24 Å². The summed E-state index contributed by atoms with van der Waals surface area (Å²) in [7, 11) is 0. The van der Waals surface area contributed by atoms with Crippen LogP contribution in [0.3, 0.4) is 0 Å². The monoisotopic (exact) mass is 544 g/mol. The summed E-state index contributed by atoms with van der Waals surface area (Å²) in [5.41, 5.74) is -2.86. The van der Waals surface area contributed by atoms with Crippen LogP contribution in [0.4, 0.5) is 9.59 Å². The third-order valence-electron chi connectivity index (χ3n) is 7.32. The summed E-state index contributed by atoms with van der Waals surface area (Å²) in [5, 5.41) is 4.59. The van der Waals surface area contributed by atoms with Crippen molar-refractivity contribution in [3.63, 3.8) is 0 Å². The zero-order valence-corrected chi connectivity index (χ0v) is 21.9. The molecule has 2 fully saturated rings. The van der Waals surface area contributed by atoms with E-state index in [1.165, 1.54) is 0 Å². The molecule has 0 bridgehead atoms. The van der Waals surface area contributed by atoms with E-state index in [1.807, 2.05) is 0 Å². The van der Waals surface area contributed by atoms with Crippen LogP contribution in [0.1, 0.15) is 67.2 Å². The van der Waals surface area contributed by atoms with E-state index >= 15 is 0 Å². The summed E-state index contributed by atoms with van der Waals surface area (Å²) in [5.74, 6) is -2.61. The van der Waals surface area contributed by atoms with Gasteiger partial charge in [0.05, 0.1) is 0 Å². The van der Waals surface area contributed by atoms with Crippen LogP contribution in [0.2, 0.25) is 8.87 Å². The Labute approximate surface area is 187 Å². The quantitative estimate of drug-likeness (QED) is 0.357. The average molecular weight is 543 g/mol. The number of carbonyl (C=O) groups excluding carboxylic acids is 6. The first-order chi connectivity index (χ1) is 14.5. The van der Waals surface area contributed by atoms with Gasteiger partial charge in [-0.2, -0.15) is 0 Å². The van der Waals surface area contributed by atoms with Gasteiger partial charge in [0, 0.05) is 0 Å². The molecule has 0 aromatic rings. The van der Waals surface area contributed by atoms with Crippen LogP contribution in [0.25, 0.3) is 0 Å². The fourth-order valence-corrected chi connectivity index (χ4v) is 16.3. The molecule has 0 aromatic heterocycles. The molecule has 2 heterocycles. The number of barbiturate groups is 2. The number of nitrogens with one attached hydrogen (secondary N) is 2. The molecule has 2 aliphatic rings. The van der Waals surface area contributed by atoms with E-state index in [2.05, 4.69) is 10.6 Å². The zero-order valence-electron chi connectivity index (χ0n) is 19.1. The van der Waals surface area contributed by atoms with Gasteiger partial charge in [-0.25, -0.2) is 0 Å². The van der Waals surface area contributed by atoms with Gasteiger partial charge in [-0.1, -0.05) is 0 Å². The molecular weight excluding hydrogens is 511 g/mol. The molecule has 31 heavy (non-hydrogen) atoms. The molecule has 2 saturated heterocycles. The van der Waals surface area contributed by atoms with Crippen LogP contribution in [0.5, 0.6) is 0 Å².